The number of ether oxygens (including phenoxy) is 2. The van der Waals surface area contributed by atoms with Crippen LogP contribution in [0.4, 0.5) is 0 Å². The Morgan fingerprint density at radius 2 is 1.82 bits per heavy atom. The van der Waals surface area contributed by atoms with E-state index < -0.39 is 6.04 Å². The Labute approximate surface area is 205 Å². The molecule has 0 aliphatic heterocycles. The van der Waals surface area contributed by atoms with E-state index >= 15 is 0 Å². The van der Waals surface area contributed by atoms with Crippen LogP contribution in [0, 0.1) is 0 Å². The Bertz CT molecular complexity index is 946. The van der Waals surface area contributed by atoms with Crippen LogP contribution in [0.1, 0.15) is 44.6 Å². The van der Waals surface area contributed by atoms with Crippen molar-refractivity contribution in [3.63, 3.8) is 0 Å². The van der Waals surface area contributed by atoms with Crippen LogP contribution in [0.3, 0.4) is 0 Å². The van der Waals surface area contributed by atoms with Gasteiger partial charge in [-0.25, -0.2) is 0 Å². The monoisotopic (exact) mass is 492 g/mol. The molecule has 6 nitrogen and oxygen atoms in total. The van der Waals surface area contributed by atoms with Gasteiger partial charge in [0.1, 0.15) is 17.5 Å². The molecule has 1 unspecified atom stereocenters. The second-order valence-corrected chi connectivity index (χ2v) is 8.99. The van der Waals surface area contributed by atoms with Gasteiger partial charge in [0, 0.05) is 17.6 Å². The largest absolute Gasteiger partial charge is 0.497 e. The Balaban J connectivity index is 1.77. The van der Waals surface area contributed by atoms with Gasteiger partial charge < -0.3 is 19.7 Å². The molecule has 2 aromatic carbocycles. The number of hydrogen-bond acceptors (Lipinski definition) is 4. The highest BCUT2D eigenvalue weighted by atomic mass is 35.5. The van der Waals surface area contributed by atoms with E-state index in [1.54, 1.807) is 30.2 Å². The zero-order valence-electron chi connectivity index (χ0n) is 19.0. The molecule has 1 atom stereocenters. The lowest BCUT2D eigenvalue weighted by Crippen LogP contribution is -2.52. The lowest BCUT2D eigenvalue weighted by atomic mass is 10.1. The van der Waals surface area contributed by atoms with Gasteiger partial charge in [0.2, 0.25) is 5.91 Å². The van der Waals surface area contributed by atoms with Gasteiger partial charge in [-0.3, -0.25) is 9.59 Å². The van der Waals surface area contributed by atoms with E-state index in [1.165, 1.54) is 0 Å². The van der Waals surface area contributed by atoms with Gasteiger partial charge in [-0.1, -0.05) is 55.1 Å². The van der Waals surface area contributed by atoms with Gasteiger partial charge in [0.25, 0.3) is 5.91 Å². The lowest BCUT2D eigenvalue weighted by Gasteiger charge is -2.31. The van der Waals surface area contributed by atoms with Crippen molar-refractivity contribution in [2.24, 2.45) is 0 Å². The molecule has 3 rings (SSSR count). The number of carbonyl (C=O) groups is 2. The number of carbonyl (C=O) groups excluding carboxylic acids is 2. The molecule has 0 bridgehead atoms. The predicted molar refractivity (Wildman–Crippen MR) is 130 cm³/mol. The quantitative estimate of drug-likeness (QED) is 0.491. The molecule has 1 aliphatic carbocycles. The number of amides is 2. The minimum absolute atomic E-state index is 0.129. The third-order valence-electron chi connectivity index (χ3n) is 5.84. The molecule has 0 aromatic heterocycles. The molecular formula is C25H30Cl2N2O4. The number of methoxy groups -OCH3 is 1. The molecule has 8 heteroatoms. The summed E-state index contributed by atoms with van der Waals surface area (Å²) in [5.74, 6) is 0.659. The molecule has 1 aliphatic rings. The zero-order chi connectivity index (χ0) is 23.8. The molecular weight excluding hydrogens is 463 g/mol. The average Bonchev–Trinajstić information content (AvgIpc) is 3.31. The first kappa shape index (κ1) is 25.2. The van der Waals surface area contributed by atoms with E-state index in [4.69, 9.17) is 32.7 Å². The molecule has 0 spiro atoms. The van der Waals surface area contributed by atoms with Gasteiger partial charge in [-0.2, -0.15) is 0 Å². The SMILES string of the molecule is CCC(C(=O)NC1CCCC1)N(Cc1ccc(OC)cc1)C(=O)COc1ccc(Cl)cc1Cl. The number of nitrogens with one attached hydrogen (secondary N) is 1. The lowest BCUT2D eigenvalue weighted by molar-refractivity contribution is -0.143. The fraction of sp³-hybridized carbons (Fsp3) is 0.440. The number of rotatable bonds is 10. The standard InChI is InChI=1S/C25H30Cl2N2O4/c1-3-22(25(31)28-19-6-4-5-7-19)29(15-17-8-11-20(32-2)12-9-17)24(30)16-33-23-13-10-18(26)14-21(23)27/h8-14,19,22H,3-7,15-16H2,1-2H3,(H,28,31). The van der Waals surface area contributed by atoms with Gasteiger partial charge in [-0.15, -0.1) is 0 Å². The predicted octanol–water partition coefficient (Wildman–Crippen LogP) is 5.25. The number of hydrogen-bond donors (Lipinski definition) is 1. The third kappa shape index (κ3) is 7.02. The first-order valence-corrected chi connectivity index (χ1v) is 12.0. The van der Waals surface area contributed by atoms with E-state index in [1.807, 2.05) is 31.2 Å². The number of halogens is 2. The van der Waals surface area contributed by atoms with Gasteiger partial charge >= 0.3 is 0 Å². The summed E-state index contributed by atoms with van der Waals surface area (Å²) in [5, 5.41) is 3.93. The van der Waals surface area contributed by atoms with Crippen molar-refractivity contribution >= 4 is 35.0 Å². The van der Waals surface area contributed by atoms with Crippen molar-refractivity contribution in [1.82, 2.24) is 10.2 Å². The number of nitrogens with zero attached hydrogens (tertiary/aromatic N) is 1. The van der Waals surface area contributed by atoms with Gasteiger partial charge in [0.15, 0.2) is 6.61 Å². The van der Waals surface area contributed by atoms with Crippen LogP contribution in [0.25, 0.3) is 0 Å². The summed E-state index contributed by atoms with van der Waals surface area (Å²) in [4.78, 5) is 28.0. The van der Waals surface area contributed by atoms with Crippen molar-refractivity contribution < 1.29 is 19.1 Å². The molecule has 33 heavy (non-hydrogen) atoms. The van der Waals surface area contributed by atoms with Crippen LogP contribution in [0.5, 0.6) is 11.5 Å². The van der Waals surface area contributed by atoms with E-state index in [-0.39, 0.29) is 31.0 Å². The minimum atomic E-state index is -0.607. The number of benzene rings is 2. The second kappa shape index (κ2) is 12.1. The molecule has 0 saturated heterocycles. The molecule has 178 valence electrons. The van der Waals surface area contributed by atoms with Crippen LogP contribution >= 0.6 is 23.2 Å². The first-order chi connectivity index (χ1) is 15.9. The Morgan fingerprint density at radius 1 is 1.12 bits per heavy atom. The summed E-state index contributed by atoms with van der Waals surface area (Å²) in [6.45, 7) is 1.94. The Morgan fingerprint density at radius 3 is 2.42 bits per heavy atom. The summed E-state index contributed by atoms with van der Waals surface area (Å²) in [6, 6.07) is 11.8. The average molecular weight is 493 g/mol. The second-order valence-electron chi connectivity index (χ2n) is 8.15. The topological polar surface area (TPSA) is 67.9 Å². The normalized spacial score (nSPS) is 14.5. The van der Waals surface area contributed by atoms with Crippen molar-refractivity contribution in [2.45, 2.75) is 57.7 Å². The van der Waals surface area contributed by atoms with E-state index in [0.29, 0.717) is 22.2 Å². The highest BCUT2D eigenvalue weighted by Gasteiger charge is 2.31. The Kier molecular flexibility index (Phi) is 9.27. The van der Waals surface area contributed by atoms with Crippen LogP contribution < -0.4 is 14.8 Å². The maximum Gasteiger partial charge on any atom is 0.261 e. The van der Waals surface area contributed by atoms with Crippen LogP contribution in [0.15, 0.2) is 42.5 Å². The molecule has 2 amide bonds. The molecule has 2 aromatic rings. The molecule has 0 radical (unpaired) electrons. The van der Waals surface area contributed by atoms with Gasteiger partial charge in [0.05, 0.1) is 12.1 Å². The summed E-state index contributed by atoms with van der Waals surface area (Å²) in [6.07, 6.45) is 4.68. The van der Waals surface area contributed by atoms with E-state index in [0.717, 1.165) is 37.0 Å². The van der Waals surface area contributed by atoms with Crippen molar-refractivity contribution in [3.8, 4) is 11.5 Å². The zero-order valence-corrected chi connectivity index (χ0v) is 20.5. The maximum atomic E-state index is 13.3. The van der Waals surface area contributed by atoms with Crippen LogP contribution in [-0.4, -0.2) is 42.5 Å². The molecule has 1 N–H and O–H groups in total. The maximum absolute atomic E-state index is 13.3. The molecule has 1 fully saturated rings. The first-order valence-electron chi connectivity index (χ1n) is 11.2. The van der Waals surface area contributed by atoms with Crippen molar-refractivity contribution in [1.29, 1.82) is 0 Å². The highest BCUT2D eigenvalue weighted by Crippen LogP contribution is 2.28. The molecule has 1 saturated carbocycles. The van der Waals surface area contributed by atoms with Crippen molar-refractivity contribution in [3.05, 3.63) is 58.1 Å². The minimum Gasteiger partial charge on any atom is -0.497 e. The van der Waals surface area contributed by atoms with Crippen LogP contribution in [0.2, 0.25) is 10.0 Å². The summed E-state index contributed by atoms with van der Waals surface area (Å²) in [5.41, 5.74) is 0.890. The third-order valence-corrected chi connectivity index (χ3v) is 6.37. The van der Waals surface area contributed by atoms with Crippen LogP contribution in [-0.2, 0) is 16.1 Å². The summed E-state index contributed by atoms with van der Waals surface area (Å²) >= 11 is 12.1. The summed E-state index contributed by atoms with van der Waals surface area (Å²) in [7, 11) is 1.60. The van der Waals surface area contributed by atoms with Crippen molar-refractivity contribution in [2.75, 3.05) is 13.7 Å². The summed E-state index contributed by atoms with van der Waals surface area (Å²) < 4.78 is 10.9. The highest BCUT2D eigenvalue weighted by molar-refractivity contribution is 6.35. The van der Waals surface area contributed by atoms with E-state index in [2.05, 4.69) is 5.32 Å². The smallest absolute Gasteiger partial charge is 0.261 e. The van der Waals surface area contributed by atoms with Gasteiger partial charge in [-0.05, 0) is 55.2 Å². The molecule has 0 heterocycles. The fourth-order valence-corrected chi connectivity index (χ4v) is 4.49. The Hall–Kier alpha value is -2.44. The fourth-order valence-electron chi connectivity index (χ4n) is 4.03. The van der Waals surface area contributed by atoms with E-state index in [9.17, 15) is 9.59 Å².